The van der Waals surface area contributed by atoms with Crippen LogP contribution in [0.5, 0.6) is 0 Å². The van der Waals surface area contributed by atoms with E-state index in [1.54, 1.807) is 0 Å². The highest BCUT2D eigenvalue weighted by atomic mass is 32.2. The molecule has 1 saturated heterocycles. The molecule has 1 N–H and O–H groups in total. The Bertz CT molecular complexity index is 804. The van der Waals surface area contributed by atoms with Gasteiger partial charge in [0.05, 0.1) is 12.2 Å². The Morgan fingerprint density at radius 1 is 0.781 bits per heavy atom. The molecule has 1 aliphatic heterocycles. The van der Waals surface area contributed by atoms with Crippen molar-refractivity contribution >= 4 is 10.1 Å². The third kappa shape index (κ3) is 3.29. The summed E-state index contributed by atoms with van der Waals surface area (Å²) in [6, 6.07) is 0. The lowest BCUT2D eigenvalue weighted by molar-refractivity contribution is -0.265. The molecule has 5 aliphatic rings. The van der Waals surface area contributed by atoms with Crippen molar-refractivity contribution in [1.29, 1.82) is 0 Å². The fourth-order valence-electron chi connectivity index (χ4n) is 7.56. The summed E-state index contributed by atoms with van der Waals surface area (Å²) >= 11 is 0. The van der Waals surface area contributed by atoms with Crippen LogP contribution < -0.4 is 0 Å². The molecule has 4 saturated carbocycles. The lowest BCUT2D eigenvalue weighted by Crippen LogP contribution is -2.55. The molecule has 5 nitrogen and oxygen atoms in total. The number of alkyl halides is 4. The van der Waals surface area contributed by atoms with Gasteiger partial charge in [0.15, 0.2) is 5.79 Å². The first-order chi connectivity index (χ1) is 15.0. The molecule has 0 spiro atoms. The van der Waals surface area contributed by atoms with Crippen LogP contribution >= 0.6 is 0 Å². The molecule has 0 aromatic carbocycles. The van der Waals surface area contributed by atoms with Crippen molar-refractivity contribution in [2.45, 2.75) is 106 Å². The molecule has 5 rings (SSSR count). The fourth-order valence-corrected chi connectivity index (χ4v) is 8.05. The lowest BCUT2D eigenvalue weighted by Gasteiger charge is -2.46. The van der Waals surface area contributed by atoms with Crippen molar-refractivity contribution in [3.8, 4) is 0 Å². The lowest BCUT2D eigenvalue weighted by atomic mass is 9.72. The van der Waals surface area contributed by atoms with Gasteiger partial charge in [-0.2, -0.15) is 26.0 Å². The molecule has 1 heterocycles. The molecule has 5 fully saturated rings. The average Bonchev–Trinajstić information content (AvgIpc) is 3.45. The van der Waals surface area contributed by atoms with Crippen LogP contribution in [0.2, 0.25) is 0 Å². The van der Waals surface area contributed by atoms with Crippen LogP contribution in [0, 0.1) is 29.6 Å². The molecule has 0 aromatic rings. The Kier molecular flexibility index (Phi) is 5.67. The normalized spacial score (nSPS) is 38.8. The summed E-state index contributed by atoms with van der Waals surface area (Å²) in [5, 5.41) is -5.53. The highest BCUT2D eigenvalue weighted by Gasteiger charge is 2.75. The molecule has 5 unspecified atom stereocenters. The summed E-state index contributed by atoms with van der Waals surface area (Å²) in [6.45, 7) is 0. The van der Waals surface area contributed by atoms with Gasteiger partial charge in [-0.25, -0.2) is 0 Å². The molecule has 4 aliphatic carbocycles. The van der Waals surface area contributed by atoms with Gasteiger partial charge in [-0.3, -0.25) is 4.55 Å². The van der Waals surface area contributed by atoms with E-state index in [9.17, 15) is 26.0 Å². The second kappa shape index (κ2) is 7.78. The monoisotopic (exact) mass is 484 g/mol. The van der Waals surface area contributed by atoms with Gasteiger partial charge in [-0.1, -0.05) is 38.5 Å². The second-order valence-electron chi connectivity index (χ2n) is 10.7. The van der Waals surface area contributed by atoms with Gasteiger partial charge in [-0.15, -0.1) is 0 Å². The first-order valence-electron chi connectivity index (χ1n) is 12.1. The highest BCUT2D eigenvalue weighted by Crippen LogP contribution is 2.64. The van der Waals surface area contributed by atoms with Gasteiger partial charge in [0.25, 0.3) is 0 Å². The molecule has 5 atom stereocenters. The molecular formula is C22H32F4O5S. The van der Waals surface area contributed by atoms with Crippen LogP contribution in [0.4, 0.5) is 17.6 Å². The SMILES string of the molecule is O=S(=O)(O)C(F)(F)C(F)(F)C1CC2CC1C1OC(C3CCCCC3)(C3CCCCC3)OC21. The maximum Gasteiger partial charge on any atom is 0.431 e. The quantitative estimate of drug-likeness (QED) is 0.418. The Balaban J connectivity index is 1.43. The van der Waals surface area contributed by atoms with E-state index in [0.717, 1.165) is 64.2 Å². The molecule has 10 heteroatoms. The van der Waals surface area contributed by atoms with Crippen molar-refractivity contribution in [2.24, 2.45) is 29.6 Å². The van der Waals surface area contributed by atoms with Crippen LogP contribution in [0.3, 0.4) is 0 Å². The van der Waals surface area contributed by atoms with Crippen LogP contribution in [0.1, 0.15) is 77.0 Å². The number of hydrogen-bond donors (Lipinski definition) is 1. The Labute approximate surface area is 186 Å². The van der Waals surface area contributed by atoms with E-state index < -0.39 is 51.1 Å². The second-order valence-corrected chi connectivity index (χ2v) is 12.1. The minimum Gasteiger partial charge on any atom is -0.343 e. The standard InChI is InChI=1S/C22H32F4O5S/c23-21(24,22(25,26)32(27,28)29)17-12-13-11-16(17)19-18(13)30-20(31-19,14-7-3-1-4-8-14)15-9-5-2-6-10-15/h13-19H,1-12H2,(H,27,28,29). The summed E-state index contributed by atoms with van der Waals surface area (Å²) in [5.74, 6) is -8.54. The molecule has 32 heavy (non-hydrogen) atoms. The largest absolute Gasteiger partial charge is 0.431 e. The van der Waals surface area contributed by atoms with Gasteiger partial charge in [0.1, 0.15) is 0 Å². The zero-order valence-corrected chi connectivity index (χ0v) is 18.8. The first kappa shape index (κ1) is 23.3. The summed E-state index contributed by atoms with van der Waals surface area (Å²) in [5.41, 5.74) is 0. The van der Waals surface area contributed by atoms with Gasteiger partial charge in [0.2, 0.25) is 0 Å². The first-order valence-corrected chi connectivity index (χ1v) is 13.5. The molecule has 0 radical (unpaired) electrons. The van der Waals surface area contributed by atoms with Crippen LogP contribution in [-0.2, 0) is 19.6 Å². The number of halogens is 4. The summed E-state index contributed by atoms with van der Waals surface area (Å²) in [4.78, 5) is 0. The van der Waals surface area contributed by atoms with E-state index in [0.29, 0.717) is 0 Å². The topological polar surface area (TPSA) is 72.8 Å². The third-order valence-corrected chi connectivity index (χ3v) is 9.95. The van der Waals surface area contributed by atoms with Crippen molar-refractivity contribution < 1.29 is 40.0 Å². The zero-order chi connectivity index (χ0) is 22.9. The summed E-state index contributed by atoms with van der Waals surface area (Å²) < 4.78 is 102. The van der Waals surface area contributed by atoms with Crippen molar-refractivity contribution in [2.75, 3.05) is 0 Å². The van der Waals surface area contributed by atoms with Crippen molar-refractivity contribution in [3.63, 3.8) is 0 Å². The molecule has 184 valence electrons. The van der Waals surface area contributed by atoms with Crippen molar-refractivity contribution in [3.05, 3.63) is 0 Å². The summed E-state index contributed by atoms with van der Waals surface area (Å²) in [7, 11) is -6.25. The van der Waals surface area contributed by atoms with Crippen LogP contribution in [0.15, 0.2) is 0 Å². The number of fused-ring (bicyclic) bond motifs is 5. The minimum atomic E-state index is -6.25. The number of hydrogen-bond acceptors (Lipinski definition) is 4. The smallest absolute Gasteiger partial charge is 0.343 e. The zero-order valence-electron chi connectivity index (χ0n) is 18.0. The number of ether oxygens (including phenoxy) is 2. The Hall–Kier alpha value is -0.450. The molecule has 2 bridgehead atoms. The third-order valence-electron chi connectivity index (χ3n) is 9.03. The van der Waals surface area contributed by atoms with Crippen molar-refractivity contribution in [1.82, 2.24) is 0 Å². The average molecular weight is 485 g/mol. The number of rotatable bonds is 5. The van der Waals surface area contributed by atoms with E-state index in [4.69, 9.17) is 14.0 Å². The van der Waals surface area contributed by atoms with E-state index in [2.05, 4.69) is 0 Å². The fraction of sp³-hybridized carbons (Fsp3) is 1.00. The maximum atomic E-state index is 14.8. The van der Waals surface area contributed by atoms with Gasteiger partial charge >= 0.3 is 21.3 Å². The maximum absolute atomic E-state index is 14.8. The van der Waals surface area contributed by atoms with Crippen LogP contribution in [-0.4, -0.2) is 42.1 Å². The van der Waals surface area contributed by atoms with E-state index in [1.807, 2.05) is 0 Å². The molecule has 0 amide bonds. The molecule has 0 aromatic heterocycles. The predicted octanol–water partition coefficient (Wildman–Crippen LogP) is 5.40. The van der Waals surface area contributed by atoms with E-state index in [-0.39, 0.29) is 30.6 Å². The predicted molar refractivity (Wildman–Crippen MR) is 107 cm³/mol. The Morgan fingerprint density at radius 3 is 1.78 bits per heavy atom. The van der Waals surface area contributed by atoms with Gasteiger partial charge in [0, 0.05) is 17.8 Å². The molecular weight excluding hydrogens is 452 g/mol. The summed E-state index contributed by atoms with van der Waals surface area (Å²) in [6.07, 6.45) is 9.22. The van der Waals surface area contributed by atoms with E-state index >= 15 is 0 Å². The van der Waals surface area contributed by atoms with Gasteiger partial charge < -0.3 is 9.47 Å². The highest BCUT2D eigenvalue weighted by molar-refractivity contribution is 7.87. The minimum absolute atomic E-state index is 0.169. The van der Waals surface area contributed by atoms with Gasteiger partial charge in [-0.05, 0) is 50.4 Å². The van der Waals surface area contributed by atoms with Crippen LogP contribution in [0.25, 0.3) is 0 Å². The Morgan fingerprint density at radius 2 is 1.28 bits per heavy atom. The van der Waals surface area contributed by atoms with E-state index in [1.165, 1.54) is 0 Å².